The summed E-state index contributed by atoms with van der Waals surface area (Å²) in [5.74, 6) is 0.682. The summed E-state index contributed by atoms with van der Waals surface area (Å²) in [6.45, 7) is 2.20. The lowest BCUT2D eigenvalue weighted by Gasteiger charge is -2.19. The van der Waals surface area contributed by atoms with Crippen LogP contribution in [0.1, 0.15) is 38.2 Å². The molecule has 1 aliphatic rings. The lowest BCUT2D eigenvalue weighted by molar-refractivity contribution is 0.108. The first-order valence-corrected chi connectivity index (χ1v) is 7.10. The van der Waals surface area contributed by atoms with Gasteiger partial charge in [0.1, 0.15) is 5.82 Å². The van der Waals surface area contributed by atoms with E-state index >= 15 is 0 Å². The summed E-state index contributed by atoms with van der Waals surface area (Å²) >= 11 is 5.91. The molecule has 1 saturated carbocycles. The molecule has 18 heavy (non-hydrogen) atoms. The Morgan fingerprint density at radius 2 is 2.22 bits per heavy atom. The van der Waals surface area contributed by atoms with Gasteiger partial charge in [-0.2, -0.15) is 0 Å². The van der Waals surface area contributed by atoms with E-state index in [1.165, 1.54) is 18.9 Å². The van der Waals surface area contributed by atoms with Crippen molar-refractivity contribution in [2.24, 2.45) is 11.8 Å². The van der Waals surface area contributed by atoms with Gasteiger partial charge in [0.05, 0.1) is 11.1 Å². The van der Waals surface area contributed by atoms with E-state index in [2.05, 4.69) is 6.92 Å². The average molecular weight is 271 g/mol. The molecule has 3 unspecified atom stereocenters. The van der Waals surface area contributed by atoms with E-state index < -0.39 is 11.9 Å². The quantitative estimate of drug-likeness (QED) is 0.869. The predicted molar refractivity (Wildman–Crippen MR) is 72.2 cm³/mol. The number of aliphatic hydroxyl groups excluding tert-OH is 1. The predicted octanol–water partition coefficient (Wildman–Crippen LogP) is 4.21. The monoisotopic (exact) mass is 270 g/mol. The molecule has 1 nitrogen and oxygen atoms in total. The molecule has 0 radical (unpaired) electrons. The van der Waals surface area contributed by atoms with Crippen LogP contribution in [0.4, 0.5) is 4.39 Å². The number of benzene rings is 1. The van der Waals surface area contributed by atoms with Crippen molar-refractivity contribution in [2.75, 3.05) is 0 Å². The summed E-state index contributed by atoms with van der Waals surface area (Å²) in [7, 11) is 0. The van der Waals surface area contributed by atoms with Gasteiger partial charge in [0.25, 0.3) is 0 Å². The molecule has 1 N–H and O–H groups in total. The Morgan fingerprint density at radius 1 is 1.44 bits per heavy atom. The molecule has 0 aromatic heterocycles. The largest absolute Gasteiger partial charge is 0.392 e. The first kappa shape index (κ1) is 13.8. The summed E-state index contributed by atoms with van der Waals surface area (Å²) in [6, 6.07) is 4.79. The molecule has 1 fully saturated rings. The lowest BCUT2D eigenvalue weighted by atomic mass is 9.93. The second kappa shape index (κ2) is 6.03. The number of aliphatic hydroxyl groups is 1. The lowest BCUT2D eigenvalue weighted by Crippen LogP contribution is -2.21. The normalized spacial score (nSPS) is 25.3. The molecule has 0 bridgehead atoms. The third kappa shape index (κ3) is 3.04. The summed E-state index contributed by atoms with van der Waals surface area (Å²) in [4.78, 5) is 0. The van der Waals surface area contributed by atoms with Crippen molar-refractivity contribution in [3.05, 3.63) is 34.6 Å². The van der Waals surface area contributed by atoms with Crippen molar-refractivity contribution in [1.82, 2.24) is 0 Å². The van der Waals surface area contributed by atoms with Gasteiger partial charge in [0.2, 0.25) is 0 Å². The molecular weight excluding hydrogens is 251 g/mol. The highest BCUT2D eigenvalue weighted by atomic mass is 35.5. The van der Waals surface area contributed by atoms with Crippen LogP contribution in [0.3, 0.4) is 0 Å². The number of halogens is 2. The van der Waals surface area contributed by atoms with Crippen LogP contribution in [0.2, 0.25) is 5.02 Å². The number of rotatable bonds is 4. The van der Waals surface area contributed by atoms with Crippen molar-refractivity contribution in [1.29, 1.82) is 0 Å². The average Bonchev–Trinajstić information content (AvgIpc) is 2.83. The molecule has 0 aliphatic heterocycles. The van der Waals surface area contributed by atoms with Crippen molar-refractivity contribution in [3.8, 4) is 0 Å². The standard InChI is InChI=1S/C15H20ClFO/c1-2-10-6-7-11(8-10)14(18)9-12-4-3-5-13(17)15(12)16/h3-5,10-11,14,18H,2,6-9H2,1H3. The fraction of sp³-hybridized carbons (Fsp3) is 0.600. The fourth-order valence-corrected chi connectivity index (χ4v) is 3.14. The second-order valence-electron chi connectivity index (χ2n) is 5.33. The van der Waals surface area contributed by atoms with Gasteiger partial charge in [-0.3, -0.25) is 0 Å². The highest BCUT2D eigenvalue weighted by Crippen LogP contribution is 2.36. The van der Waals surface area contributed by atoms with Crippen LogP contribution in [-0.2, 0) is 6.42 Å². The Hall–Kier alpha value is -0.600. The Kier molecular flexibility index (Phi) is 4.63. The Labute approximate surface area is 113 Å². The van der Waals surface area contributed by atoms with Crippen molar-refractivity contribution in [3.63, 3.8) is 0 Å². The summed E-state index contributed by atoms with van der Waals surface area (Å²) in [5, 5.41) is 10.4. The van der Waals surface area contributed by atoms with Gasteiger partial charge in [0.15, 0.2) is 0 Å². The molecule has 0 amide bonds. The van der Waals surface area contributed by atoms with Gasteiger partial charge in [0, 0.05) is 6.42 Å². The van der Waals surface area contributed by atoms with Crippen molar-refractivity contribution >= 4 is 11.6 Å². The maximum absolute atomic E-state index is 13.3. The fourth-order valence-electron chi connectivity index (χ4n) is 2.93. The van der Waals surface area contributed by atoms with Crippen LogP contribution in [0.5, 0.6) is 0 Å². The zero-order valence-electron chi connectivity index (χ0n) is 10.7. The van der Waals surface area contributed by atoms with E-state index in [4.69, 9.17) is 11.6 Å². The van der Waals surface area contributed by atoms with Crippen LogP contribution in [0.25, 0.3) is 0 Å². The molecule has 1 aliphatic carbocycles. The van der Waals surface area contributed by atoms with Gasteiger partial charge < -0.3 is 5.11 Å². The Balaban J connectivity index is 1.99. The Bertz CT molecular complexity index is 407. The van der Waals surface area contributed by atoms with E-state index in [1.54, 1.807) is 12.1 Å². The van der Waals surface area contributed by atoms with Crippen LogP contribution >= 0.6 is 11.6 Å². The third-order valence-corrected chi connectivity index (χ3v) is 4.59. The molecule has 1 aromatic rings. The Morgan fingerprint density at radius 3 is 2.89 bits per heavy atom. The molecule has 3 atom stereocenters. The van der Waals surface area contributed by atoms with E-state index in [1.807, 2.05) is 0 Å². The first-order chi connectivity index (χ1) is 8.61. The second-order valence-corrected chi connectivity index (χ2v) is 5.71. The SMILES string of the molecule is CCC1CCC(C(O)Cc2cccc(F)c2Cl)C1. The van der Waals surface area contributed by atoms with Crippen LogP contribution < -0.4 is 0 Å². The number of hydrogen-bond donors (Lipinski definition) is 1. The van der Waals surface area contributed by atoms with Crippen LogP contribution in [0.15, 0.2) is 18.2 Å². The number of hydrogen-bond acceptors (Lipinski definition) is 1. The van der Waals surface area contributed by atoms with Crippen molar-refractivity contribution < 1.29 is 9.50 Å². The molecule has 3 heteroatoms. The first-order valence-electron chi connectivity index (χ1n) is 6.72. The van der Waals surface area contributed by atoms with Crippen molar-refractivity contribution in [2.45, 2.75) is 45.1 Å². The molecule has 0 spiro atoms. The van der Waals surface area contributed by atoms with Gasteiger partial charge in [-0.25, -0.2) is 4.39 Å². The third-order valence-electron chi connectivity index (χ3n) is 4.16. The molecule has 2 rings (SSSR count). The topological polar surface area (TPSA) is 20.2 Å². The molecule has 0 heterocycles. The van der Waals surface area contributed by atoms with Gasteiger partial charge in [-0.05, 0) is 36.3 Å². The molecule has 0 saturated heterocycles. The van der Waals surface area contributed by atoms with Gasteiger partial charge in [-0.1, -0.05) is 43.5 Å². The molecule has 1 aromatic carbocycles. The highest BCUT2D eigenvalue weighted by Gasteiger charge is 2.29. The van der Waals surface area contributed by atoms with E-state index in [-0.39, 0.29) is 5.02 Å². The molecular formula is C15H20ClFO. The van der Waals surface area contributed by atoms with Gasteiger partial charge >= 0.3 is 0 Å². The summed E-state index contributed by atoms with van der Waals surface area (Å²) < 4.78 is 13.3. The van der Waals surface area contributed by atoms with E-state index in [0.29, 0.717) is 17.9 Å². The van der Waals surface area contributed by atoms with E-state index in [9.17, 15) is 9.50 Å². The minimum absolute atomic E-state index is 0.154. The zero-order valence-corrected chi connectivity index (χ0v) is 11.5. The minimum atomic E-state index is -0.403. The highest BCUT2D eigenvalue weighted by molar-refractivity contribution is 6.31. The van der Waals surface area contributed by atoms with E-state index in [0.717, 1.165) is 18.8 Å². The van der Waals surface area contributed by atoms with Crippen LogP contribution in [-0.4, -0.2) is 11.2 Å². The van der Waals surface area contributed by atoms with Crippen LogP contribution in [0, 0.1) is 17.7 Å². The summed E-state index contributed by atoms with van der Waals surface area (Å²) in [5.41, 5.74) is 0.712. The smallest absolute Gasteiger partial charge is 0.142 e. The minimum Gasteiger partial charge on any atom is -0.392 e. The van der Waals surface area contributed by atoms with Gasteiger partial charge in [-0.15, -0.1) is 0 Å². The zero-order chi connectivity index (χ0) is 13.1. The molecule has 100 valence electrons. The summed E-state index contributed by atoms with van der Waals surface area (Å²) in [6.07, 6.45) is 4.61. The maximum atomic E-state index is 13.3. The maximum Gasteiger partial charge on any atom is 0.142 e.